The number of benzene rings is 1. The van der Waals surface area contributed by atoms with Gasteiger partial charge in [0.1, 0.15) is 6.04 Å². The van der Waals surface area contributed by atoms with Crippen LogP contribution in [-0.2, 0) is 9.59 Å². The monoisotopic (exact) mass is 423 g/mol. The third kappa shape index (κ3) is 3.71. The van der Waals surface area contributed by atoms with Gasteiger partial charge in [0.05, 0.1) is 29.6 Å². The summed E-state index contributed by atoms with van der Waals surface area (Å²) in [4.78, 5) is 45.1. The number of pyridine rings is 1. The van der Waals surface area contributed by atoms with Gasteiger partial charge in [-0.05, 0) is 30.7 Å². The first-order valence-corrected chi connectivity index (χ1v) is 10.9. The molecular formula is C21H21N5O3S. The summed E-state index contributed by atoms with van der Waals surface area (Å²) in [5.74, 6) is 0.429. The molecule has 4 rings (SSSR count). The Morgan fingerprint density at radius 1 is 1.37 bits per heavy atom. The molecule has 2 aromatic rings. The second-order valence-corrected chi connectivity index (χ2v) is 8.43. The minimum absolute atomic E-state index is 0.00985. The van der Waals surface area contributed by atoms with Crippen molar-refractivity contribution in [3.05, 3.63) is 36.0 Å². The van der Waals surface area contributed by atoms with Gasteiger partial charge in [0.15, 0.2) is 0 Å². The molecule has 1 aromatic carbocycles. The molecule has 2 saturated heterocycles. The van der Waals surface area contributed by atoms with E-state index in [4.69, 9.17) is 5.26 Å². The molecule has 2 atom stereocenters. The number of carbonyl (C=O) groups excluding carboxylic acids is 3. The molecule has 0 bridgehead atoms. The minimum atomic E-state index is -0.455. The Hall–Kier alpha value is -3.12. The van der Waals surface area contributed by atoms with Crippen LogP contribution in [0.5, 0.6) is 0 Å². The van der Waals surface area contributed by atoms with Crippen molar-refractivity contribution in [3.63, 3.8) is 0 Å². The highest BCUT2D eigenvalue weighted by molar-refractivity contribution is 7.99. The number of nitrogens with one attached hydrogen (secondary N) is 1. The Labute approximate surface area is 178 Å². The van der Waals surface area contributed by atoms with Crippen LogP contribution in [-0.4, -0.2) is 58.4 Å². The van der Waals surface area contributed by atoms with E-state index < -0.39 is 11.9 Å². The highest BCUT2D eigenvalue weighted by Crippen LogP contribution is 2.29. The third-order valence-electron chi connectivity index (χ3n) is 5.51. The van der Waals surface area contributed by atoms with E-state index in [2.05, 4.69) is 16.4 Å². The number of anilines is 1. The van der Waals surface area contributed by atoms with Crippen LogP contribution in [0.1, 0.15) is 23.7 Å². The van der Waals surface area contributed by atoms with E-state index >= 15 is 0 Å². The van der Waals surface area contributed by atoms with Gasteiger partial charge in [0, 0.05) is 35.5 Å². The van der Waals surface area contributed by atoms with Gasteiger partial charge < -0.3 is 15.1 Å². The second-order valence-electron chi connectivity index (χ2n) is 7.43. The summed E-state index contributed by atoms with van der Waals surface area (Å²) in [6, 6.07) is 8.69. The number of hydrogen-bond donors (Lipinski definition) is 1. The summed E-state index contributed by atoms with van der Waals surface area (Å²) >= 11 is 1.52. The minimum Gasteiger partial charge on any atom is -0.343 e. The number of thioether (sulfide) groups is 1. The molecule has 9 heteroatoms. The maximum atomic E-state index is 12.8. The first-order chi connectivity index (χ1) is 14.5. The molecule has 2 aliphatic heterocycles. The zero-order valence-electron chi connectivity index (χ0n) is 16.5. The van der Waals surface area contributed by atoms with Crippen molar-refractivity contribution in [3.8, 4) is 6.07 Å². The lowest BCUT2D eigenvalue weighted by Gasteiger charge is -2.19. The summed E-state index contributed by atoms with van der Waals surface area (Å²) in [6.07, 6.45) is 2.35. The Morgan fingerprint density at radius 2 is 2.20 bits per heavy atom. The van der Waals surface area contributed by atoms with Crippen LogP contribution in [0.4, 0.5) is 5.69 Å². The molecule has 0 aliphatic carbocycles. The van der Waals surface area contributed by atoms with Crippen LogP contribution in [0.25, 0.3) is 10.9 Å². The number of rotatable bonds is 4. The molecule has 154 valence electrons. The predicted molar refractivity (Wildman–Crippen MR) is 114 cm³/mol. The molecule has 8 nitrogen and oxygen atoms in total. The molecule has 0 spiro atoms. The Balaban J connectivity index is 1.54. The maximum absolute atomic E-state index is 12.8. The first kappa shape index (κ1) is 20.2. The standard InChI is InChI=1S/C21H21N5O3S/c1-13-5-7-25(21(13)29)14-2-3-18-17(8-14)16(4-6-23-18)20(28)24-10-19(27)26-12-30-11-15(26)9-22/h2-4,6,8,13,15H,5,7,10-12H2,1H3,(H,24,28)/t13-,15-/m1/s1. The Bertz CT molecular complexity index is 1070. The van der Waals surface area contributed by atoms with E-state index in [1.54, 1.807) is 29.3 Å². The van der Waals surface area contributed by atoms with Crippen molar-refractivity contribution >= 4 is 46.1 Å². The number of carbonyl (C=O) groups is 3. The first-order valence-electron chi connectivity index (χ1n) is 9.74. The highest BCUT2D eigenvalue weighted by Gasteiger charge is 2.30. The van der Waals surface area contributed by atoms with Crippen molar-refractivity contribution < 1.29 is 14.4 Å². The summed E-state index contributed by atoms with van der Waals surface area (Å²) < 4.78 is 0. The average molecular weight is 423 g/mol. The lowest BCUT2D eigenvalue weighted by Crippen LogP contribution is -2.42. The fourth-order valence-electron chi connectivity index (χ4n) is 3.73. The van der Waals surface area contributed by atoms with Crippen LogP contribution in [0.3, 0.4) is 0 Å². The van der Waals surface area contributed by atoms with Gasteiger partial charge in [0.2, 0.25) is 11.8 Å². The van der Waals surface area contributed by atoms with Crippen LogP contribution in [0, 0.1) is 17.2 Å². The maximum Gasteiger partial charge on any atom is 0.252 e. The Kier molecular flexibility index (Phi) is 5.59. The van der Waals surface area contributed by atoms with E-state index in [0.29, 0.717) is 34.6 Å². The molecule has 0 radical (unpaired) electrons. The molecule has 3 heterocycles. The van der Waals surface area contributed by atoms with Crippen molar-refractivity contribution in [2.75, 3.05) is 29.6 Å². The zero-order valence-corrected chi connectivity index (χ0v) is 17.3. The van der Waals surface area contributed by atoms with Gasteiger partial charge in [-0.15, -0.1) is 11.8 Å². The van der Waals surface area contributed by atoms with Gasteiger partial charge >= 0.3 is 0 Å². The van der Waals surface area contributed by atoms with Crippen LogP contribution in [0.15, 0.2) is 30.5 Å². The molecule has 2 fully saturated rings. The van der Waals surface area contributed by atoms with E-state index in [0.717, 1.165) is 12.1 Å². The largest absolute Gasteiger partial charge is 0.343 e. The van der Waals surface area contributed by atoms with Crippen LogP contribution >= 0.6 is 11.8 Å². The molecule has 3 amide bonds. The average Bonchev–Trinajstić information content (AvgIpc) is 3.37. The number of nitrogens with zero attached hydrogens (tertiary/aromatic N) is 4. The van der Waals surface area contributed by atoms with Crippen molar-refractivity contribution in [2.45, 2.75) is 19.4 Å². The summed E-state index contributed by atoms with van der Waals surface area (Å²) in [5, 5.41) is 12.4. The lowest BCUT2D eigenvalue weighted by atomic mass is 10.1. The normalized spacial score (nSPS) is 21.1. The van der Waals surface area contributed by atoms with Gasteiger partial charge in [-0.25, -0.2) is 0 Å². The number of hydrogen-bond acceptors (Lipinski definition) is 6. The molecule has 1 aromatic heterocycles. The fourth-order valence-corrected chi connectivity index (χ4v) is 4.83. The number of aromatic nitrogens is 1. The van der Waals surface area contributed by atoms with E-state index in [1.165, 1.54) is 16.7 Å². The van der Waals surface area contributed by atoms with Crippen molar-refractivity contribution in [1.82, 2.24) is 15.2 Å². The predicted octanol–water partition coefficient (Wildman–Crippen LogP) is 1.76. The molecule has 0 unspecified atom stereocenters. The molecule has 1 N–H and O–H groups in total. The topological polar surface area (TPSA) is 106 Å². The van der Waals surface area contributed by atoms with Crippen molar-refractivity contribution in [1.29, 1.82) is 5.26 Å². The van der Waals surface area contributed by atoms with Gasteiger partial charge in [0.25, 0.3) is 5.91 Å². The smallest absolute Gasteiger partial charge is 0.252 e. The summed E-state index contributed by atoms with van der Waals surface area (Å²) in [6.45, 7) is 2.38. The van der Waals surface area contributed by atoms with Gasteiger partial charge in [-0.1, -0.05) is 6.92 Å². The second kappa shape index (κ2) is 8.32. The van der Waals surface area contributed by atoms with E-state index in [-0.39, 0.29) is 24.3 Å². The lowest BCUT2D eigenvalue weighted by molar-refractivity contribution is -0.129. The highest BCUT2D eigenvalue weighted by atomic mass is 32.2. The molecule has 0 saturated carbocycles. The number of fused-ring (bicyclic) bond motifs is 1. The van der Waals surface area contributed by atoms with Crippen molar-refractivity contribution in [2.24, 2.45) is 5.92 Å². The number of amides is 3. The quantitative estimate of drug-likeness (QED) is 0.803. The van der Waals surface area contributed by atoms with E-state index in [1.807, 2.05) is 13.0 Å². The number of nitriles is 1. The van der Waals surface area contributed by atoms with Crippen LogP contribution in [0.2, 0.25) is 0 Å². The van der Waals surface area contributed by atoms with E-state index in [9.17, 15) is 14.4 Å². The Morgan fingerprint density at radius 3 is 2.93 bits per heavy atom. The zero-order chi connectivity index (χ0) is 21.3. The molecule has 30 heavy (non-hydrogen) atoms. The van der Waals surface area contributed by atoms with Gasteiger partial charge in [-0.3, -0.25) is 19.4 Å². The summed E-state index contributed by atoms with van der Waals surface area (Å²) in [5.41, 5.74) is 1.76. The molecule has 2 aliphatic rings. The third-order valence-corrected chi connectivity index (χ3v) is 6.52. The fraction of sp³-hybridized carbons (Fsp3) is 0.381. The SMILES string of the molecule is C[C@@H]1CCN(c2ccc3nccc(C(=O)NCC(=O)N4CSC[C@H]4C#N)c3c2)C1=O. The molecular weight excluding hydrogens is 402 g/mol. The summed E-state index contributed by atoms with van der Waals surface area (Å²) in [7, 11) is 0. The van der Waals surface area contributed by atoms with Crippen LogP contribution < -0.4 is 10.2 Å². The van der Waals surface area contributed by atoms with Gasteiger partial charge in [-0.2, -0.15) is 5.26 Å².